The number of hydrogen-bond acceptors (Lipinski definition) is 7. The smallest absolute Gasteiger partial charge is 0.191 e. The summed E-state index contributed by atoms with van der Waals surface area (Å²) in [4.78, 5) is 0. The maximum absolute atomic E-state index is 13.3. The highest BCUT2D eigenvalue weighted by Gasteiger charge is 2.25. The van der Waals surface area contributed by atoms with Crippen molar-refractivity contribution in [1.29, 1.82) is 0 Å². The Hall–Kier alpha value is -3.24. The molecule has 0 amide bonds. The first-order chi connectivity index (χ1) is 16.6. The van der Waals surface area contributed by atoms with E-state index in [-0.39, 0.29) is 11.9 Å². The molecule has 2 aromatic carbocycles. The van der Waals surface area contributed by atoms with Gasteiger partial charge in [-0.15, -0.1) is 15.3 Å². The van der Waals surface area contributed by atoms with E-state index in [1.165, 1.54) is 29.5 Å². The van der Waals surface area contributed by atoms with E-state index in [0.29, 0.717) is 36.2 Å². The Balaban J connectivity index is 1.42. The molecule has 176 valence electrons. The summed E-state index contributed by atoms with van der Waals surface area (Å²) < 4.78 is 22.8. The molecule has 1 fully saturated rings. The molecule has 34 heavy (non-hydrogen) atoms. The molecule has 10 heteroatoms. The summed E-state index contributed by atoms with van der Waals surface area (Å²) in [5, 5.41) is 18.2. The van der Waals surface area contributed by atoms with E-state index in [0.717, 1.165) is 35.7 Å². The van der Waals surface area contributed by atoms with Crippen LogP contribution in [0.25, 0.3) is 11.5 Å². The lowest BCUT2D eigenvalue weighted by atomic mass is 10.1. The van der Waals surface area contributed by atoms with Crippen LogP contribution in [0.2, 0.25) is 0 Å². The minimum Gasteiger partial charge on any atom is -0.382 e. The van der Waals surface area contributed by atoms with Crippen LogP contribution in [-0.4, -0.2) is 42.5 Å². The van der Waals surface area contributed by atoms with Gasteiger partial charge in [-0.2, -0.15) is 0 Å². The molecule has 1 saturated heterocycles. The van der Waals surface area contributed by atoms with Crippen LogP contribution in [0.4, 0.5) is 10.2 Å². The van der Waals surface area contributed by atoms with Gasteiger partial charge in [0.15, 0.2) is 22.5 Å². The highest BCUT2D eigenvalue weighted by molar-refractivity contribution is 7.98. The van der Waals surface area contributed by atoms with Crippen molar-refractivity contribution >= 4 is 17.6 Å². The Morgan fingerprint density at radius 2 is 1.97 bits per heavy atom. The summed E-state index contributed by atoms with van der Waals surface area (Å²) in [7, 11) is 0. The number of nitrogen functional groups attached to an aromatic ring is 1. The number of anilines is 1. The molecule has 2 N–H and O–H groups in total. The van der Waals surface area contributed by atoms with E-state index >= 15 is 0 Å². The van der Waals surface area contributed by atoms with Gasteiger partial charge in [0, 0.05) is 12.4 Å². The summed E-state index contributed by atoms with van der Waals surface area (Å²) in [6, 6.07) is 14.7. The minimum absolute atomic E-state index is 0.0866. The van der Waals surface area contributed by atoms with Gasteiger partial charge >= 0.3 is 0 Å². The summed E-state index contributed by atoms with van der Waals surface area (Å²) in [6.07, 6.45) is 2.10. The van der Waals surface area contributed by atoms with Crippen molar-refractivity contribution in [2.24, 2.45) is 0 Å². The predicted octanol–water partition coefficient (Wildman–Crippen LogP) is 4.09. The number of hydrogen-bond donors (Lipinski definition) is 1. The van der Waals surface area contributed by atoms with Crippen molar-refractivity contribution in [2.45, 2.75) is 49.9 Å². The highest BCUT2D eigenvalue weighted by atomic mass is 32.2. The van der Waals surface area contributed by atoms with Crippen molar-refractivity contribution in [3.05, 3.63) is 71.0 Å². The minimum atomic E-state index is -0.248. The molecular formula is C24H26FN7OS. The molecular weight excluding hydrogens is 453 g/mol. The molecule has 0 spiro atoms. The van der Waals surface area contributed by atoms with Crippen LogP contribution >= 0.6 is 11.8 Å². The second-order valence-electron chi connectivity index (χ2n) is 8.44. The van der Waals surface area contributed by atoms with Crippen LogP contribution < -0.4 is 5.73 Å². The fourth-order valence-electron chi connectivity index (χ4n) is 4.04. The van der Waals surface area contributed by atoms with E-state index in [9.17, 15) is 4.39 Å². The number of thioether (sulfide) groups is 1. The first kappa shape index (κ1) is 22.5. The van der Waals surface area contributed by atoms with E-state index in [1.807, 2.05) is 16.7 Å². The van der Waals surface area contributed by atoms with Crippen LogP contribution in [0.5, 0.6) is 0 Å². The average Bonchev–Trinajstić information content (AvgIpc) is 3.56. The quantitative estimate of drug-likeness (QED) is 0.380. The maximum Gasteiger partial charge on any atom is 0.191 e. The largest absolute Gasteiger partial charge is 0.382 e. The van der Waals surface area contributed by atoms with Crippen LogP contribution in [-0.2, 0) is 23.6 Å². The highest BCUT2D eigenvalue weighted by Crippen LogP contribution is 2.30. The average molecular weight is 480 g/mol. The molecule has 0 bridgehead atoms. The first-order valence-corrected chi connectivity index (χ1v) is 12.2. The molecule has 1 unspecified atom stereocenters. The van der Waals surface area contributed by atoms with Gasteiger partial charge in [0.1, 0.15) is 5.82 Å². The molecule has 1 atom stereocenters. The molecule has 0 aliphatic carbocycles. The van der Waals surface area contributed by atoms with Crippen molar-refractivity contribution in [1.82, 2.24) is 29.8 Å². The number of benzene rings is 2. The van der Waals surface area contributed by atoms with Crippen molar-refractivity contribution in [3.8, 4) is 11.5 Å². The van der Waals surface area contributed by atoms with Gasteiger partial charge < -0.3 is 10.5 Å². The van der Waals surface area contributed by atoms with E-state index in [4.69, 9.17) is 10.5 Å². The molecule has 4 aromatic rings. The van der Waals surface area contributed by atoms with Crippen molar-refractivity contribution < 1.29 is 9.13 Å². The fourth-order valence-corrected chi connectivity index (χ4v) is 4.94. The van der Waals surface area contributed by atoms with Gasteiger partial charge in [-0.25, -0.2) is 9.07 Å². The number of halogens is 1. The number of aromatic nitrogens is 6. The molecule has 1 aliphatic rings. The number of aryl methyl sites for hydroxylation is 1. The lowest BCUT2D eigenvalue weighted by molar-refractivity contribution is 0.0953. The number of nitrogens with two attached hydrogens (primary N) is 1. The third kappa shape index (κ3) is 4.97. The lowest BCUT2D eigenvalue weighted by Gasteiger charge is -2.14. The Morgan fingerprint density at radius 1 is 1.12 bits per heavy atom. The molecule has 0 saturated carbocycles. The zero-order chi connectivity index (χ0) is 23.5. The predicted molar refractivity (Wildman–Crippen MR) is 129 cm³/mol. The molecule has 0 radical (unpaired) electrons. The topological polar surface area (TPSA) is 96.7 Å². The van der Waals surface area contributed by atoms with Crippen LogP contribution in [0.1, 0.15) is 29.5 Å². The van der Waals surface area contributed by atoms with Gasteiger partial charge in [0.25, 0.3) is 0 Å². The summed E-state index contributed by atoms with van der Waals surface area (Å²) in [5.74, 6) is 1.41. The Labute approximate surface area is 201 Å². The van der Waals surface area contributed by atoms with Gasteiger partial charge in [-0.1, -0.05) is 58.9 Å². The molecule has 2 aromatic heterocycles. The van der Waals surface area contributed by atoms with Crippen LogP contribution in [0.15, 0.2) is 53.7 Å². The summed E-state index contributed by atoms with van der Waals surface area (Å²) in [6.45, 7) is 3.94. The first-order valence-electron chi connectivity index (χ1n) is 11.2. The standard InChI is InChI=1S/C24H26FN7OS/c1-16-4-2-5-18(12-16)13-32-22(26)21(27-30-32)23-28-29-24(31(23)14-20-6-3-11-33-20)34-15-17-7-9-19(25)10-8-17/h2,4-5,7-10,12,20H,3,6,11,13-15,26H2,1H3. The number of ether oxygens (including phenoxy) is 1. The van der Waals surface area contributed by atoms with Gasteiger partial charge in [0.2, 0.25) is 0 Å². The summed E-state index contributed by atoms with van der Waals surface area (Å²) >= 11 is 1.54. The third-order valence-electron chi connectivity index (χ3n) is 5.81. The van der Waals surface area contributed by atoms with Crippen LogP contribution in [0, 0.1) is 12.7 Å². The summed E-state index contributed by atoms with van der Waals surface area (Å²) in [5.41, 5.74) is 10.3. The number of rotatable bonds is 8. The van der Waals surface area contributed by atoms with E-state index in [2.05, 4.69) is 39.6 Å². The zero-order valence-electron chi connectivity index (χ0n) is 18.9. The maximum atomic E-state index is 13.3. The lowest BCUT2D eigenvalue weighted by Crippen LogP contribution is -2.17. The Bertz CT molecular complexity index is 1260. The van der Waals surface area contributed by atoms with E-state index in [1.54, 1.807) is 16.8 Å². The monoisotopic (exact) mass is 479 g/mol. The SMILES string of the molecule is Cc1cccc(Cn2nnc(-c3nnc(SCc4ccc(F)cc4)n3CC3CCCO3)c2N)c1. The van der Waals surface area contributed by atoms with E-state index < -0.39 is 0 Å². The molecule has 5 rings (SSSR count). The van der Waals surface area contributed by atoms with Crippen LogP contribution in [0.3, 0.4) is 0 Å². The van der Waals surface area contributed by atoms with Crippen molar-refractivity contribution in [3.63, 3.8) is 0 Å². The Morgan fingerprint density at radius 3 is 2.74 bits per heavy atom. The van der Waals surface area contributed by atoms with Crippen molar-refractivity contribution in [2.75, 3.05) is 12.3 Å². The zero-order valence-corrected chi connectivity index (χ0v) is 19.7. The Kier molecular flexibility index (Phi) is 6.59. The van der Waals surface area contributed by atoms with Gasteiger partial charge in [-0.3, -0.25) is 4.57 Å². The number of nitrogens with zero attached hydrogens (tertiary/aromatic N) is 6. The van der Waals surface area contributed by atoms with Gasteiger partial charge in [0.05, 0.1) is 19.2 Å². The molecule has 1 aliphatic heterocycles. The second-order valence-corrected chi connectivity index (χ2v) is 9.38. The second kappa shape index (κ2) is 9.94. The molecule has 3 heterocycles. The molecule has 8 nitrogen and oxygen atoms in total. The van der Waals surface area contributed by atoms with Gasteiger partial charge in [-0.05, 0) is 43.0 Å². The normalized spacial score (nSPS) is 15.8. The third-order valence-corrected chi connectivity index (χ3v) is 6.85. The fraction of sp³-hybridized carbons (Fsp3) is 0.333.